The molecule has 98 valence electrons. The van der Waals surface area contributed by atoms with Crippen LogP contribution in [0.5, 0.6) is 11.5 Å². The van der Waals surface area contributed by atoms with Crippen LogP contribution in [0.1, 0.15) is 19.4 Å². The van der Waals surface area contributed by atoms with Crippen molar-refractivity contribution in [1.82, 2.24) is 0 Å². The molecule has 1 rings (SSSR count). The lowest BCUT2D eigenvalue weighted by Gasteiger charge is -2.19. The van der Waals surface area contributed by atoms with E-state index in [2.05, 4.69) is 6.07 Å². The zero-order valence-corrected chi connectivity index (χ0v) is 12.4. The monoisotopic (exact) mass is 265 g/mol. The topological polar surface area (TPSA) is 42.2 Å². The average molecular weight is 265 g/mol. The van der Waals surface area contributed by atoms with Crippen LogP contribution in [-0.2, 0) is 6.42 Å². The molecular weight excluding hydrogens is 246 g/mol. The standard InChI is InChI=1S/C14H19NO2S/c1-14(2,9-15)8-10-6-12(17-4)13(18-5)7-11(10)16-3/h6-7H,8H2,1-5H3. The third-order valence-corrected chi connectivity index (χ3v) is 3.48. The number of nitriles is 1. The van der Waals surface area contributed by atoms with Crippen LogP contribution in [-0.4, -0.2) is 20.5 Å². The molecular formula is C14H19NO2S. The molecule has 0 aliphatic rings. The summed E-state index contributed by atoms with van der Waals surface area (Å²) in [6.07, 6.45) is 2.63. The van der Waals surface area contributed by atoms with Crippen molar-refractivity contribution in [3.05, 3.63) is 17.7 Å². The highest BCUT2D eigenvalue weighted by Crippen LogP contribution is 2.37. The Balaban J connectivity index is 3.22. The zero-order valence-electron chi connectivity index (χ0n) is 11.5. The minimum Gasteiger partial charge on any atom is -0.496 e. The van der Waals surface area contributed by atoms with Gasteiger partial charge in [0.05, 0.1) is 30.6 Å². The molecule has 0 N–H and O–H groups in total. The average Bonchev–Trinajstić information content (AvgIpc) is 2.37. The lowest BCUT2D eigenvalue weighted by atomic mass is 9.87. The summed E-state index contributed by atoms with van der Waals surface area (Å²) in [7, 11) is 3.30. The van der Waals surface area contributed by atoms with Crippen LogP contribution in [0.4, 0.5) is 0 Å². The van der Waals surface area contributed by atoms with Gasteiger partial charge in [0.15, 0.2) is 0 Å². The number of rotatable bonds is 5. The first-order valence-corrected chi connectivity index (χ1v) is 6.90. The van der Waals surface area contributed by atoms with Gasteiger partial charge in [-0.1, -0.05) is 0 Å². The normalized spacial score (nSPS) is 10.9. The maximum atomic E-state index is 9.12. The van der Waals surface area contributed by atoms with Crippen LogP contribution in [0, 0.1) is 16.7 Å². The van der Waals surface area contributed by atoms with Gasteiger partial charge in [0.2, 0.25) is 0 Å². The molecule has 0 saturated carbocycles. The van der Waals surface area contributed by atoms with Crippen LogP contribution in [0.3, 0.4) is 0 Å². The van der Waals surface area contributed by atoms with Crippen molar-refractivity contribution in [2.75, 3.05) is 20.5 Å². The predicted octanol–water partition coefficient (Wildman–Crippen LogP) is 3.52. The summed E-state index contributed by atoms with van der Waals surface area (Å²) in [6.45, 7) is 3.84. The van der Waals surface area contributed by atoms with Gasteiger partial charge in [-0.3, -0.25) is 0 Å². The van der Waals surface area contributed by atoms with E-state index in [1.54, 1.807) is 26.0 Å². The Hall–Kier alpha value is -1.34. The van der Waals surface area contributed by atoms with Crippen LogP contribution in [0.2, 0.25) is 0 Å². The highest BCUT2D eigenvalue weighted by atomic mass is 32.2. The fourth-order valence-electron chi connectivity index (χ4n) is 1.75. The van der Waals surface area contributed by atoms with E-state index in [0.717, 1.165) is 22.0 Å². The zero-order chi connectivity index (χ0) is 13.8. The SMILES string of the molecule is COc1cc(SC)c(OC)cc1CC(C)(C)C#N. The molecule has 0 unspecified atom stereocenters. The van der Waals surface area contributed by atoms with Gasteiger partial charge in [0, 0.05) is 0 Å². The summed E-state index contributed by atoms with van der Waals surface area (Å²) in [6, 6.07) is 6.23. The van der Waals surface area contributed by atoms with E-state index in [1.807, 2.05) is 32.2 Å². The molecule has 0 aliphatic heterocycles. The first kappa shape index (κ1) is 14.7. The highest BCUT2D eigenvalue weighted by Gasteiger charge is 2.21. The molecule has 4 heteroatoms. The van der Waals surface area contributed by atoms with Crippen molar-refractivity contribution in [2.24, 2.45) is 5.41 Å². The lowest BCUT2D eigenvalue weighted by Crippen LogP contribution is -2.12. The minimum atomic E-state index is -0.417. The molecule has 0 bridgehead atoms. The minimum absolute atomic E-state index is 0.417. The van der Waals surface area contributed by atoms with Gasteiger partial charge in [-0.15, -0.1) is 11.8 Å². The van der Waals surface area contributed by atoms with E-state index in [0.29, 0.717) is 6.42 Å². The van der Waals surface area contributed by atoms with Crippen LogP contribution in [0.25, 0.3) is 0 Å². The molecule has 1 aromatic carbocycles. The molecule has 0 heterocycles. The van der Waals surface area contributed by atoms with Gasteiger partial charge < -0.3 is 9.47 Å². The van der Waals surface area contributed by atoms with Gasteiger partial charge in [-0.2, -0.15) is 5.26 Å². The Kier molecular flexibility index (Phi) is 4.92. The van der Waals surface area contributed by atoms with E-state index in [-0.39, 0.29) is 0 Å². The lowest BCUT2D eigenvalue weighted by molar-refractivity contribution is 0.383. The Morgan fingerprint density at radius 3 is 2.28 bits per heavy atom. The number of thioether (sulfide) groups is 1. The molecule has 0 saturated heterocycles. The van der Waals surface area contributed by atoms with Gasteiger partial charge in [0.1, 0.15) is 11.5 Å². The molecule has 18 heavy (non-hydrogen) atoms. The number of hydrogen-bond donors (Lipinski definition) is 0. The Bertz CT molecular complexity index is 464. The molecule has 0 aromatic heterocycles. The van der Waals surface area contributed by atoms with Crippen molar-refractivity contribution in [2.45, 2.75) is 25.2 Å². The summed E-state index contributed by atoms with van der Waals surface area (Å²) in [4.78, 5) is 1.04. The van der Waals surface area contributed by atoms with E-state index in [4.69, 9.17) is 14.7 Å². The first-order chi connectivity index (χ1) is 8.47. The first-order valence-electron chi connectivity index (χ1n) is 5.67. The van der Waals surface area contributed by atoms with Gasteiger partial charge >= 0.3 is 0 Å². The second-order valence-electron chi connectivity index (χ2n) is 4.69. The number of hydrogen-bond acceptors (Lipinski definition) is 4. The van der Waals surface area contributed by atoms with E-state index >= 15 is 0 Å². The molecule has 1 aromatic rings. The fraction of sp³-hybridized carbons (Fsp3) is 0.500. The van der Waals surface area contributed by atoms with Gasteiger partial charge in [-0.05, 0) is 44.2 Å². The molecule has 0 amide bonds. The van der Waals surface area contributed by atoms with E-state index in [9.17, 15) is 0 Å². The maximum absolute atomic E-state index is 9.12. The van der Waals surface area contributed by atoms with Crippen LogP contribution in [0.15, 0.2) is 17.0 Å². The predicted molar refractivity (Wildman–Crippen MR) is 74.4 cm³/mol. The third-order valence-electron chi connectivity index (χ3n) is 2.72. The number of nitrogens with zero attached hydrogens (tertiary/aromatic N) is 1. The summed E-state index contributed by atoms with van der Waals surface area (Å²) < 4.78 is 10.8. The molecule has 0 fully saturated rings. The van der Waals surface area contributed by atoms with Crippen LogP contribution < -0.4 is 9.47 Å². The molecule has 3 nitrogen and oxygen atoms in total. The number of methoxy groups -OCH3 is 2. The van der Waals surface area contributed by atoms with Gasteiger partial charge in [-0.25, -0.2) is 0 Å². The molecule has 0 aliphatic carbocycles. The summed E-state index contributed by atoms with van der Waals surface area (Å²) in [5, 5.41) is 9.12. The number of benzene rings is 1. The van der Waals surface area contributed by atoms with Crippen LogP contribution >= 0.6 is 11.8 Å². The quantitative estimate of drug-likeness (QED) is 0.764. The summed E-state index contributed by atoms with van der Waals surface area (Å²) in [5.41, 5.74) is 0.581. The van der Waals surface area contributed by atoms with Crippen molar-refractivity contribution in [3.63, 3.8) is 0 Å². The smallest absolute Gasteiger partial charge is 0.132 e. The molecule has 0 atom stereocenters. The van der Waals surface area contributed by atoms with E-state index < -0.39 is 5.41 Å². The van der Waals surface area contributed by atoms with Crippen molar-refractivity contribution in [1.29, 1.82) is 5.26 Å². The summed E-state index contributed by atoms with van der Waals surface area (Å²) >= 11 is 1.61. The Morgan fingerprint density at radius 2 is 1.83 bits per heavy atom. The third kappa shape index (κ3) is 3.33. The number of ether oxygens (including phenoxy) is 2. The second kappa shape index (κ2) is 6.01. The van der Waals surface area contributed by atoms with Crippen molar-refractivity contribution in [3.8, 4) is 17.6 Å². The van der Waals surface area contributed by atoms with Gasteiger partial charge in [0.25, 0.3) is 0 Å². The molecule has 0 spiro atoms. The highest BCUT2D eigenvalue weighted by molar-refractivity contribution is 7.98. The maximum Gasteiger partial charge on any atom is 0.132 e. The largest absolute Gasteiger partial charge is 0.496 e. The second-order valence-corrected chi connectivity index (χ2v) is 5.54. The Labute approximate surface area is 113 Å². The summed E-state index contributed by atoms with van der Waals surface area (Å²) in [5.74, 6) is 1.63. The Morgan fingerprint density at radius 1 is 1.22 bits per heavy atom. The fourth-order valence-corrected chi connectivity index (χ4v) is 2.31. The van der Waals surface area contributed by atoms with Crippen molar-refractivity contribution < 1.29 is 9.47 Å². The molecule has 0 radical (unpaired) electrons. The van der Waals surface area contributed by atoms with E-state index in [1.165, 1.54) is 0 Å². The van der Waals surface area contributed by atoms with Crippen molar-refractivity contribution >= 4 is 11.8 Å².